The Hall–Kier alpha value is -4.23. The van der Waals surface area contributed by atoms with Crippen LogP contribution in [0.25, 0.3) is 27.8 Å². The Bertz CT molecular complexity index is 1440. The van der Waals surface area contributed by atoms with Crippen molar-refractivity contribution >= 4 is 34.7 Å². The number of amides is 1. The maximum atomic E-state index is 12.5. The number of carbonyl (C=O) groups is 1. The van der Waals surface area contributed by atoms with E-state index in [1.54, 1.807) is 6.21 Å². The molecule has 0 atom stereocenters. The minimum Gasteiger partial charge on any atom is -0.272 e. The third-order valence-corrected chi connectivity index (χ3v) is 6.16. The number of rotatable bonds is 7. The molecule has 1 aromatic heterocycles. The van der Waals surface area contributed by atoms with Crippen LogP contribution in [-0.4, -0.2) is 32.6 Å². The van der Waals surface area contributed by atoms with E-state index in [2.05, 4.69) is 32.9 Å². The zero-order valence-corrected chi connectivity index (χ0v) is 19.0. The Morgan fingerprint density at radius 2 is 1.56 bits per heavy atom. The maximum absolute atomic E-state index is 12.5. The molecule has 34 heavy (non-hydrogen) atoms. The maximum Gasteiger partial charge on any atom is 0.250 e. The number of thioether (sulfide) groups is 1. The van der Waals surface area contributed by atoms with Crippen LogP contribution >= 0.6 is 11.8 Å². The van der Waals surface area contributed by atoms with Crippen LogP contribution in [0.3, 0.4) is 0 Å². The van der Waals surface area contributed by atoms with Crippen LogP contribution in [0.5, 0.6) is 0 Å². The van der Waals surface area contributed by atoms with Gasteiger partial charge in [-0.05, 0) is 22.9 Å². The highest BCUT2D eigenvalue weighted by atomic mass is 32.2. The van der Waals surface area contributed by atoms with Gasteiger partial charge in [0.15, 0.2) is 11.0 Å². The number of hydrazone groups is 1. The summed E-state index contributed by atoms with van der Waals surface area (Å²) in [5, 5.41) is 15.8. The molecule has 0 aliphatic heterocycles. The lowest BCUT2D eigenvalue weighted by Crippen LogP contribution is -2.20. The lowest BCUT2D eigenvalue weighted by Gasteiger charge is -2.10. The molecule has 5 rings (SSSR count). The molecule has 1 heterocycles. The Kier molecular flexibility index (Phi) is 6.45. The fourth-order valence-corrected chi connectivity index (χ4v) is 4.39. The summed E-state index contributed by atoms with van der Waals surface area (Å²) in [4.78, 5) is 12.5. The van der Waals surface area contributed by atoms with Gasteiger partial charge in [-0.15, -0.1) is 10.2 Å². The van der Waals surface area contributed by atoms with E-state index in [0.717, 1.165) is 33.4 Å². The average molecular weight is 464 g/mol. The molecule has 1 amide bonds. The average Bonchev–Trinajstić information content (AvgIpc) is 3.33. The van der Waals surface area contributed by atoms with Crippen molar-refractivity contribution in [3.8, 4) is 17.1 Å². The van der Waals surface area contributed by atoms with Crippen LogP contribution < -0.4 is 5.43 Å². The molecule has 1 N–H and O–H groups in total. The van der Waals surface area contributed by atoms with Crippen molar-refractivity contribution in [2.45, 2.75) is 5.16 Å². The number of nitrogens with one attached hydrogen (secondary N) is 1. The van der Waals surface area contributed by atoms with E-state index in [4.69, 9.17) is 0 Å². The van der Waals surface area contributed by atoms with E-state index in [1.165, 1.54) is 11.8 Å². The second-order valence-electron chi connectivity index (χ2n) is 7.49. The van der Waals surface area contributed by atoms with Gasteiger partial charge in [0.1, 0.15) is 0 Å². The Balaban J connectivity index is 1.31. The van der Waals surface area contributed by atoms with E-state index < -0.39 is 0 Å². The Morgan fingerprint density at radius 3 is 2.38 bits per heavy atom. The van der Waals surface area contributed by atoms with Gasteiger partial charge in [0.25, 0.3) is 5.91 Å². The third-order valence-electron chi connectivity index (χ3n) is 5.23. The number of benzene rings is 4. The van der Waals surface area contributed by atoms with E-state index >= 15 is 0 Å². The van der Waals surface area contributed by atoms with Gasteiger partial charge in [0.05, 0.1) is 12.0 Å². The molecule has 4 aromatic carbocycles. The number of para-hydroxylation sites is 1. The number of hydrogen-bond donors (Lipinski definition) is 1. The van der Waals surface area contributed by atoms with E-state index in [-0.39, 0.29) is 11.7 Å². The van der Waals surface area contributed by atoms with Crippen LogP contribution in [0.15, 0.2) is 113 Å². The number of hydrogen-bond acceptors (Lipinski definition) is 5. The standard InChI is InChI=1S/C27H21N5OS/c33-25(29-28-18-22-14-9-13-20-10-7-8-17-24(20)22)19-34-27-31-30-26(21-11-3-1-4-12-21)32(27)23-15-5-2-6-16-23/h1-18H,19H2,(H,29,33)/b28-18-. The molecule has 0 saturated carbocycles. The number of fused-ring (bicyclic) bond motifs is 1. The molecular formula is C27H21N5OS. The fraction of sp³-hybridized carbons (Fsp3) is 0.0370. The van der Waals surface area contributed by atoms with E-state index in [0.29, 0.717) is 5.16 Å². The first-order chi connectivity index (χ1) is 16.8. The molecule has 0 aliphatic rings. The molecule has 166 valence electrons. The summed E-state index contributed by atoms with van der Waals surface area (Å²) in [5.41, 5.74) is 5.45. The summed E-state index contributed by atoms with van der Waals surface area (Å²) in [6.07, 6.45) is 1.67. The SMILES string of the molecule is O=C(CSc1nnc(-c2ccccc2)n1-c1ccccc1)N/N=C\c1cccc2ccccc12. The van der Waals surface area contributed by atoms with Crippen molar-refractivity contribution in [3.63, 3.8) is 0 Å². The number of carbonyl (C=O) groups excluding carboxylic acids is 1. The van der Waals surface area contributed by atoms with E-state index in [9.17, 15) is 4.79 Å². The normalized spacial score (nSPS) is 11.2. The van der Waals surface area contributed by atoms with Gasteiger partial charge in [-0.3, -0.25) is 9.36 Å². The van der Waals surface area contributed by atoms with Crippen LogP contribution in [0.1, 0.15) is 5.56 Å². The summed E-state index contributed by atoms with van der Waals surface area (Å²) in [6, 6.07) is 33.8. The second-order valence-corrected chi connectivity index (χ2v) is 8.44. The van der Waals surface area contributed by atoms with Gasteiger partial charge in [-0.2, -0.15) is 5.10 Å². The van der Waals surface area contributed by atoms with Crippen molar-refractivity contribution < 1.29 is 4.79 Å². The quantitative estimate of drug-likeness (QED) is 0.201. The fourth-order valence-electron chi connectivity index (χ4n) is 3.65. The predicted octanol–water partition coefficient (Wildman–Crippen LogP) is 5.33. The third kappa shape index (κ3) is 4.74. The summed E-state index contributed by atoms with van der Waals surface area (Å²) in [5.74, 6) is 0.668. The van der Waals surface area contributed by atoms with Crippen LogP contribution in [0.4, 0.5) is 0 Å². The summed E-state index contributed by atoms with van der Waals surface area (Å²) in [7, 11) is 0. The van der Waals surface area contributed by atoms with E-state index in [1.807, 2.05) is 95.6 Å². The van der Waals surface area contributed by atoms with Gasteiger partial charge in [0.2, 0.25) is 0 Å². The molecule has 0 fully saturated rings. The molecule has 0 unspecified atom stereocenters. The van der Waals surface area contributed by atoms with Gasteiger partial charge >= 0.3 is 0 Å². The molecule has 5 aromatic rings. The molecule has 0 aliphatic carbocycles. The zero-order valence-electron chi connectivity index (χ0n) is 18.2. The summed E-state index contributed by atoms with van der Waals surface area (Å²) < 4.78 is 1.96. The highest BCUT2D eigenvalue weighted by Gasteiger charge is 2.17. The minimum atomic E-state index is -0.217. The van der Waals surface area contributed by atoms with Crippen molar-refractivity contribution in [1.82, 2.24) is 20.2 Å². The van der Waals surface area contributed by atoms with Crippen molar-refractivity contribution in [2.24, 2.45) is 5.10 Å². The Labute approximate surface area is 201 Å². The lowest BCUT2D eigenvalue weighted by atomic mass is 10.1. The smallest absolute Gasteiger partial charge is 0.250 e. The van der Waals surface area contributed by atoms with Crippen molar-refractivity contribution in [3.05, 3.63) is 109 Å². The topological polar surface area (TPSA) is 72.2 Å². The summed E-state index contributed by atoms with van der Waals surface area (Å²) >= 11 is 1.32. The molecular weight excluding hydrogens is 442 g/mol. The molecule has 0 radical (unpaired) electrons. The first-order valence-electron chi connectivity index (χ1n) is 10.8. The molecule has 0 spiro atoms. The first-order valence-corrected chi connectivity index (χ1v) is 11.8. The number of aromatic nitrogens is 3. The van der Waals surface area contributed by atoms with Gasteiger partial charge in [-0.25, -0.2) is 5.43 Å². The first kappa shape index (κ1) is 21.6. The van der Waals surface area contributed by atoms with Crippen molar-refractivity contribution in [2.75, 3.05) is 5.75 Å². The van der Waals surface area contributed by atoms with Crippen LogP contribution in [0.2, 0.25) is 0 Å². The second kappa shape index (κ2) is 10.1. The molecule has 6 nitrogen and oxygen atoms in total. The van der Waals surface area contributed by atoms with Gasteiger partial charge < -0.3 is 0 Å². The zero-order chi connectivity index (χ0) is 23.2. The monoisotopic (exact) mass is 463 g/mol. The minimum absolute atomic E-state index is 0.159. The number of nitrogens with zero attached hydrogens (tertiary/aromatic N) is 4. The highest BCUT2D eigenvalue weighted by molar-refractivity contribution is 7.99. The predicted molar refractivity (Wildman–Crippen MR) is 137 cm³/mol. The lowest BCUT2D eigenvalue weighted by molar-refractivity contribution is -0.118. The highest BCUT2D eigenvalue weighted by Crippen LogP contribution is 2.27. The van der Waals surface area contributed by atoms with Crippen LogP contribution in [-0.2, 0) is 4.79 Å². The molecule has 0 saturated heterocycles. The largest absolute Gasteiger partial charge is 0.272 e. The van der Waals surface area contributed by atoms with Crippen molar-refractivity contribution in [1.29, 1.82) is 0 Å². The Morgan fingerprint density at radius 1 is 0.853 bits per heavy atom. The summed E-state index contributed by atoms with van der Waals surface area (Å²) in [6.45, 7) is 0. The van der Waals surface area contributed by atoms with Crippen LogP contribution in [0, 0.1) is 0 Å². The van der Waals surface area contributed by atoms with Gasteiger partial charge in [0, 0.05) is 16.8 Å². The molecule has 0 bridgehead atoms. The molecule has 7 heteroatoms. The van der Waals surface area contributed by atoms with Gasteiger partial charge in [-0.1, -0.05) is 103 Å².